The van der Waals surface area contributed by atoms with Crippen molar-refractivity contribution < 1.29 is 9.32 Å². The molecule has 1 fully saturated rings. The number of amides is 1. The molecule has 0 spiro atoms. The lowest BCUT2D eigenvalue weighted by molar-refractivity contribution is 0.0725. The number of carbonyl (C=O) groups is 1. The number of halogens is 1. The molecule has 5 heteroatoms. The third kappa shape index (κ3) is 2.43. The summed E-state index contributed by atoms with van der Waals surface area (Å²) in [4.78, 5) is 14.3. The van der Waals surface area contributed by atoms with Crippen LogP contribution in [0, 0.1) is 6.92 Å². The van der Waals surface area contributed by atoms with E-state index >= 15 is 0 Å². The smallest absolute Gasteiger partial charge is 0.276 e. The Morgan fingerprint density at radius 2 is 2.15 bits per heavy atom. The molecule has 1 amide bonds. The van der Waals surface area contributed by atoms with Gasteiger partial charge in [-0.3, -0.25) is 4.79 Å². The minimum Gasteiger partial charge on any atom is -0.361 e. The van der Waals surface area contributed by atoms with E-state index in [1.165, 1.54) is 0 Å². The lowest BCUT2D eigenvalue weighted by Gasteiger charge is -2.24. The number of rotatable bonds is 2. The average molecular weight is 291 g/mol. The summed E-state index contributed by atoms with van der Waals surface area (Å²) in [6.45, 7) is 2.53. The summed E-state index contributed by atoms with van der Waals surface area (Å²) < 4.78 is 4.99. The Morgan fingerprint density at radius 1 is 1.40 bits per heavy atom. The molecular formula is C15H15ClN2O2. The minimum absolute atomic E-state index is 0.0701. The lowest BCUT2D eigenvalue weighted by Crippen LogP contribution is -2.30. The summed E-state index contributed by atoms with van der Waals surface area (Å²) in [7, 11) is 0. The van der Waals surface area contributed by atoms with Gasteiger partial charge in [0.1, 0.15) is 5.76 Å². The van der Waals surface area contributed by atoms with Gasteiger partial charge in [0.2, 0.25) is 0 Å². The fourth-order valence-corrected chi connectivity index (χ4v) is 2.78. The second kappa shape index (κ2) is 5.29. The van der Waals surface area contributed by atoms with Gasteiger partial charge in [0.25, 0.3) is 5.91 Å². The number of aromatic nitrogens is 1. The molecular weight excluding hydrogens is 276 g/mol. The van der Waals surface area contributed by atoms with Crippen LogP contribution in [0.2, 0.25) is 5.02 Å². The standard InChI is InChI=1S/C15H15ClN2O2/c1-10-9-13(17-20-10)15(19)18-8-2-3-14(18)11-4-6-12(16)7-5-11/h4-7,9,14H,2-3,8H2,1H3. The Kier molecular flexibility index (Phi) is 3.49. The van der Waals surface area contributed by atoms with Gasteiger partial charge in [0, 0.05) is 17.6 Å². The third-order valence-corrected chi connectivity index (χ3v) is 3.87. The van der Waals surface area contributed by atoms with Crippen LogP contribution in [-0.2, 0) is 0 Å². The van der Waals surface area contributed by atoms with Crippen molar-refractivity contribution in [3.63, 3.8) is 0 Å². The molecule has 1 aromatic heterocycles. The Labute approximate surface area is 122 Å². The van der Waals surface area contributed by atoms with Crippen LogP contribution >= 0.6 is 11.6 Å². The summed E-state index contributed by atoms with van der Waals surface area (Å²) >= 11 is 5.91. The van der Waals surface area contributed by atoms with E-state index in [-0.39, 0.29) is 11.9 Å². The fraction of sp³-hybridized carbons (Fsp3) is 0.333. The quantitative estimate of drug-likeness (QED) is 0.849. The highest BCUT2D eigenvalue weighted by Gasteiger charge is 2.31. The molecule has 1 aromatic carbocycles. The number of hydrogen-bond donors (Lipinski definition) is 0. The van der Waals surface area contributed by atoms with Crippen LogP contribution in [0.5, 0.6) is 0 Å². The van der Waals surface area contributed by atoms with Gasteiger partial charge in [0.15, 0.2) is 5.69 Å². The van der Waals surface area contributed by atoms with E-state index in [1.807, 2.05) is 29.2 Å². The lowest BCUT2D eigenvalue weighted by atomic mass is 10.0. The number of benzene rings is 1. The van der Waals surface area contributed by atoms with E-state index in [4.69, 9.17) is 16.1 Å². The average Bonchev–Trinajstić information content (AvgIpc) is 3.07. The Balaban J connectivity index is 1.85. The first-order chi connectivity index (χ1) is 9.65. The van der Waals surface area contributed by atoms with E-state index in [2.05, 4.69) is 5.16 Å². The summed E-state index contributed by atoms with van der Waals surface area (Å²) in [5, 5.41) is 4.52. The molecule has 0 N–H and O–H groups in total. The van der Waals surface area contributed by atoms with Crippen LogP contribution in [0.15, 0.2) is 34.9 Å². The van der Waals surface area contributed by atoms with Gasteiger partial charge < -0.3 is 9.42 Å². The predicted octanol–water partition coefficient (Wildman–Crippen LogP) is 3.61. The van der Waals surface area contributed by atoms with E-state index in [1.54, 1.807) is 13.0 Å². The zero-order valence-electron chi connectivity index (χ0n) is 11.2. The van der Waals surface area contributed by atoms with Crippen molar-refractivity contribution >= 4 is 17.5 Å². The van der Waals surface area contributed by atoms with Gasteiger partial charge in [-0.15, -0.1) is 0 Å². The van der Waals surface area contributed by atoms with Crippen molar-refractivity contribution in [2.75, 3.05) is 6.54 Å². The maximum atomic E-state index is 12.5. The number of hydrogen-bond acceptors (Lipinski definition) is 3. The minimum atomic E-state index is -0.0701. The molecule has 2 aromatic rings. The van der Waals surface area contributed by atoms with Crippen LogP contribution in [0.25, 0.3) is 0 Å². The van der Waals surface area contributed by atoms with Gasteiger partial charge in [-0.25, -0.2) is 0 Å². The molecule has 1 unspecified atom stereocenters. The van der Waals surface area contributed by atoms with Gasteiger partial charge in [-0.1, -0.05) is 28.9 Å². The Bertz CT molecular complexity index is 621. The zero-order valence-corrected chi connectivity index (χ0v) is 11.9. The normalized spacial score (nSPS) is 18.5. The first-order valence-electron chi connectivity index (χ1n) is 6.65. The van der Waals surface area contributed by atoms with E-state index in [9.17, 15) is 4.79 Å². The molecule has 0 radical (unpaired) electrons. The van der Waals surface area contributed by atoms with Gasteiger partial charge in [0.05, 0.1) is 6.04 Å². The van der Waals surface area contributed by atoms with Crippen LogP contribution in [0.1, 0.15) is 40.7 Å². The highest BCUT2D eigenvalue weighted by Crippen LogP contribution is 2.33. The van der Waals surface area contributed by atoms with Gasteiger partial charge in [-0.05, 0) is 37.5 Å². The second-order valence-electron chi connectivity index (χ2n) is 5.03. The Morgan fingerprint density at radius 3 is 2.80 bits per heavy atom. The topological polar surface area (TPSA) is 46.3 Å². The molecule has 3 rings (SSSR count). The largest absolute Gasteiger partial charge is 0.361 e. The number of carbonyl (C=O) groups excluding carboxylic acids is 1. The monoisotopic (exact) mass is 290 g/mol. The second-order valence-corrected chi connectivity index (χ2v) is 5.47. The van der Waals surface area contributed by atoms with Crippen molar-refractivity contribution in [1.29, 1.82) is 0 Å². The molecule has 1 aliphatic heterocycles. The fourth-order valence-electron chi connectivity index (χ4n) is 2.66. The summed E-state index contributed by atoms with van der Waals surface area (Å²) in [6.07, 6.45) is 1.96. The van der Waals surface area contributed by atoms with Crippen molar-refractivity contribution in [3.05, 3.63) is 52.4 Å². The van der Waals surface area contributed by atoms with Crippen molar-refractivity contribution in [1.82, 2.24) is 10.1 Å². The molecule has 104 valence electrons. The molecule has 2 heterocycles. The molecule has 1 atom stereocenters. The summed E-state index contributed by atoms with van der Waals surface area (Å²) in [6, 6.07) is 9.45. The van der Waals surface area contributed by atoms with E-state index in [0.717, 1.165) is 24.9 Å². The molecule has 0 aliphatic carbocycles. The first kappa shape index (κ1) is 13.2. The predicted molar refractivity (Wildman–Crippen MR) is 75.7 cm³/mol. The van der Waals surface area contributed by atoms with Crippen LogP contribution in [0.3, 0.4) is 0 Å². The van der Waals surface area contributed by atoms with Crippen molar-refractivity contribution in [2.45, 2.75) is 25.8 Å². The summed E-state index contributed by atoms with van der Waals surface area (Å²) in [5.41, 5.74) is 1.49. The molecule has 20 heavy (non-hydrogen) atoms. The van der Waals surface area contributed by atoms with Crippen molar-refractivity contribution in [3.8, 4) is 0 Å². The van der Waals surface area contributed by atoms with Gasteiger partial charge >= 0.3 is 0 Å². The van der Waals surface area contributed by atoms with Gasteiger partial charge in [-0.2, -0.15) is 0 Å². The van der Waals surface area contributed by atoms with Crippen LogP contribution < -0.4 is 0 Å². The third-order valence-electron chi connectivity index (χ3n) is 3.62. The number of aryl methyl sites for hydroxylation is 1. The van der Waals surface area contributed by atoms with E-state index < -0.39 is 0 Å². The molecule has 0 bridgehead atoms. The molecule has 0 saturated carbocycles. The van der Waals surface area contributed by atoms with Crippen molar-refractivity contribution in [2.24, 2.45) is 0 Å². The SMILES string of the molecule is Cc1cc(C(=O)N2CCCC2c2ccc(Cl)cc2)no1. The number of likely N-dealkylation sites (tertiary alicyclic amines) is 1. The molecule has 1 saturated heterocycles. The maximum absolute atomic E-state index is 12.5. The highest BCUT2D eigenvalue weighted by molar-refractivity contribution is 6.30. The molecule has 1 aliphatic rings. The summed E-state index contributed by atoms with van der Waals surface area (Å²) in [5.74, 6) is 0.579. The van der Waals surface area contributed by atoms with Crippen LogP contribution in [-0.4, -0.2) is 22.5 Å². The molecule has 4 nitrogen and oxygen atoms in total. The van der Waals surface area contributed by atoms with Crippen LogP contribution in [0.4, 0.5) is 0 Å². The zero-order chi connectivity index (χ0) is 14.1. The Hall–Kier alpha value is -1.81. The highest BCUT2D eigenvalue weighted by atomic mass is 35.5. The first-order valence-corrected chi connectivity index (χ1v) is 7.03. The van der Waals surface area contributed by atoms with E-state index in [0.29, 0.717) is 16.5 Å². The number of nitrogens with zero attached hydrogens (tertiary/aromatic N) is 2. The maximum Gasteiger partial charge on any atom is 0.276 e.